The molecule has 2 aromatic carbocycles. The third kappa shape index (κ3) is 2.75. The molecule has 4 heteroatoms. The van der Waals surface area contributed by atoms with Crippen molar-refractivity contribution in [1.82, 2.24) is 9.55 Å². The van der Waals surface area contributed by atoms with E-state index in [1.165, 1.54) is 6.07 Å². The van der Waals surface area contributed by atoms with Gasteiger partial charge in [-0.1, -0.05) is 19.1 Å². The Balaban J connectivity index is 2.04. The van der Waals surface area contributed by atoms with E-state index in [1.807, 2.05) is 24.3 Å². The van der Waals surface area contributed by atoms with Crippen molar-refractivity contribution in [3.63, 3.8) is 0 Å². The fourth-order valence-electron chi connectivity index (χ4n) is 2.57. The number of rotatable bonds is 4. The zero-order valence-electron chi connectivity index (χ0n) is 12.0. The standard InChI is InChI=1S/C17H18FN3/c1-2-9-21-16-11-13(18)5-8-15(16)20-17(21)10-12-3-6-14(19)7-4-12/h3-8,11H,2,9-10,19H2,1H3. The molecule has 3 aromatic rings. The minimum atomic E-state index is -0.223. The maximum atomic E-state index is 13.5. The van der Waals surface area contributed by atoms with Crippen molar-refractivity contribution in [2.45, 2.75) is 26.3 Å². The molecule has 0 bridgehead atoms. The molecule has 3 nitrogen and oxygen atoms in total. The second-order valence-electron chi connectivity index (χ2n) is 5.23. The highest BCUT2D eigenvalue weighted by molar-refractivity contribution is 5.76. The molecule has 0 saturated heterocycles. The van der Waals surface area contributed by atoms with Gasteiger partial charge in [-0.2, -0.15) is 0 Å². The van der Waals surface area contributed by atoms with Crippen LogP contribution < -0.4 is 5.73 Å². The quantitative estimate of drug-likeness (QED) is 0.741. The molecule has 0 aliphatic rings. The minimum absolute atomic E-state index is 0.223. The number of nitrogens with zero attached hydrogens (tertiary/aromatic N) is 2. The van der Waals surface area contributed by atoms with Crippen LogP contribution in [0, 0.1) is 5.82 Å². The van der Waals surface area contributed by atoms with Crippen molar-refractivity contribution >= 4 is 16.7 Å². The number of benzene rings is 2. The predicted molar refractivity (Wildman–Crippen MR) is 83.6 cm³/mol. The number of fused-ring (bicyclic) bond motifs is 1. The van der Waals surface area contributed by atoms with Gasteiger partial charge in [-0.3, -0.25) is 0 Å². The second-order valence-corrected chi connectivity index (χ2v) is 5.23. The monoisotopic (exact) mass is 283 g/mol. The van der Waals surface area contributed by atoms with Crippen LogP contribution in [0.1, 0.15) is 24.7 Å². The summed E-state index contributed by atoms with van der Waals surface area (Å²) >= 11 is 0. The SMILES string of the molecule is CCCn1c(Cc2ccc(N)cc2)nc2ccc(F)cc21. The Kier molecular flexibility index (Phi) is 3.60. The number of hydrogen-bond donors (Lipinski definition) is 1. The number of aryl methyl sites for hydroxylation is 1. The average Bonchev–Trinajstić information content (AvgIpc) is 2.79. The molecule has 0 amide bonds. The lowest BCUT2D eigenvalue weighted by Gasteiger charge is -2.08. The Morgan fingerprint density at radius 1 is 1.14 bits per heavy atom. The molecule has 0 atom stereocenters. The number of aromatic nitrogens is 2. The molecule has 0 saturated carbocycles. The van der Waals surface area contributed by atoms with Crippen LogP contribution in [0.25, 0.3) is 11.0 Å². The average molecular weight is 283 g/mol. The number of halogens is 1. The van der Waals surface area contributed by atoms with Crippen LogP contribution in [0.3, 0.4) is 0 Å². The van der Waals surface area contributed by atoms with Crippen molar-refractivity contribution in [3.8, 4) is 0 Å². The van der Waals surface area contributed by atoms with Crippen LogP contribution in [-0.2, 0) is 13.0 Å². The van der Waals surface area contributed by atoms with E-state index >= 15 is 0 Å². The zero-order valence-corrected chi connectivity index (χ0v) is 12.0. The van der Waals surface area contributed by atoms with E-state index in [2.05, 4.69) is 16.5 Å². The van der Waals surface area contributed by atoms with E-state index in [0.717, 1.165) is 47.5 Å². The molecule has 0 fully saturated rings. The number of nitrogens with two attached hydrogens (primary N) is 1. The molecule has 1 heterocycles. The van der Waals surface area contributed by atoms with Gasteiger partial charge in [0.25, 0.3) is 0 Å². The van der Waals surface area contributed by atoms with Gasteiger partial charge in [-0.15, -0.1) is 0 Å². The summed E-state index contributed by atoms with van der Waals surface area (Å²) < 4.78 is 15.6. The third-order valence-corrected chi connectivity index (χ3v) is 3.58. The molecule has 21 heavy (non-hydrogen) atoms. The fourth-order valence-corrected chi connectivity index (χ4v) is 2.57. The number of imidazole rings is 1. The lowest BCUT2D eigenvalue weighted by molar-refractivity contribution is 0.625. The molecule has 108 valence electrons. The van der Waals surface area contributed by atoms with Crippen molar-refractivity contribution in [3.05, 3.63) is 59.7 Å². The van der Waals surface area contributed by atoms with E-state index in [0.29, 0.717) is 0 Å². The van der Waals surface area contributed by atoms with Gasteiger partial charge in [0.1, 0.15) is 11.6 Å². The van der Waals surface area contributed by atoms with Gasteiger partial charge < -0.3 is 10.3 Å². The summed E-state index contributed by atoms with van der Waals surface area (Å²) in [7, 11) is 0. The predicted octanol–water partition coefficient (Wildman–Crippen LogP) is 3.76. The van der Waals surface area contributed by atoms with Crippen molar-refractivity contribution in [2.24, 2.45) is 0 Å². The first-order valence-corrected chi connectivity index (χ1v) is 7.16. The van der Waals surface area contributed by atoms with Gasteiger partial charge in [0.2, 0.25) is 0 Å². The Hall–Kier alpha value is -2.36. The number of nitrogen functional groups attached to an aromatic ring is 1. The minimum Gasteiger partial charge on any atom is -0.399 e. The summed E-state index contributed by atoms with van der Waals surface area (Å²) in [5.74, 6) is 0.737. The van der Waals surface area contributed by atoms with Crippen LogP contribution in [0.15, 0.2) is 42.5 Å². The molecular weight excluding hydrogens is 265 g/mol. The third-order valence-electron chi connectivity index (χ3n) is 3.58. The van der Waals surface area contributed by atoms with Crippen molar-refractivity contribution < 1.29 is 4.39 Å². The molecule has 0 radical (unpaired) electrons. The Labute approximate surface area is 123 Å². The maximum absolute atomic E-state index is 13.5. The molecule has 0 unspecified atom stereocenters. The number of anilines is 1. The fraction of sp³-hybridized carbons (Fsp3) is 0.235. The van der Waals surface area contributed by atoms with E-state index in [4.69, 9.17) is 5.73 Å². The summed E-state index contributed by atoms with van der Waals surface area (Å²) in [6.45, 7) is 2.95. The summed E-state index contributed by atoms with van der Waals surface area (Å²) in [5.41, 5.74) is 9.32. The molecule has 0 spiro atoms. The Morgan fingerprint density at radius 3 is 2.62 bits per heavy atom. The highest BCUT2D eigenvalue weighted by Crippen LogP contribution is 2.20. The van der Waals surface area contributed by atoms with Crippen molar-refractivity contribution in [1.29, 1.82) is 0 Å². The van der Waals surface area contributed by atoms with Gasteiger partial charge in [0, 0.05) is 18.7 Å². The molecule has 0 aliphatic carbocycles. The first-order valence-electron chi connectivity index (χ1n) is 7.16. The van der Waals surface area contributed by atoms with Gasteiger partial charge in [-0.25, -0.2) is 9.37 Å². The summed E-state index contributed by atoms with van der Waals surface area (Å²) in [6.07, 6.45) is 1.70. The van der Waals surface area contributed by atoms with Crippen LogP contribution in [0.4, 0.5) is 10.1 Å². The lowest BCUT2D eigenvalue weighted by Crippen LogP contribution is -2.04. The number of hydrogen-bond acceptors (Lipinski definition) is 2. The van der Waals surface area contributed by atoms with E-state index in [-0.39, 0.29) is 5.82 Å². The maximum Gasteiger partial charge on any atom is 0.125 e. The van der Waals surface area contributed by atoms with E-state index in [1.54, 1.807) is 12.1 Å². The molecule has 0 aliphatic heterocycles. The molecule has 3 rings (SSSR count). The van der Waals surface area contributed by atoms with Crippen LogP contribution in [0.5, 0.6) is 0 Å². The molecular formula is C17H18FN3. The normalized spacial score (nSPS) is 11.1. The van der Waals surface area contributed by atoms with Crippen LogP contribution in [0.2, 0.25) is 0 Å². The van der Waals surface area contributed by atoms with Crippen molar-refractivity contribution in [2.75, 3.05) is 5.73 Å². The highest BCUT2D eigenvalue weighted by atomic mass is 19.1. The lowest BCUT2D eigenvalue weighted by atomic mass is 10.1. The first kappa shape index (κ1) is 13.6. The topological polar surface area (TPSA) is 43.8 Å². The van der Waals surface area contributed by atoms with Gasteiger partial charge in [-0.05, 0) is 42.3 Å². The first-order chi connectivity index (χ1) is 10.2. The highest BCUT2D eigenvalue weighted by Gasteiger charge is 2.11. The summed E-state index contributed by atoms with van der Waals surface area (Å²) in [6, 6.07) is 12.5. The van der Waals surface area contributed by atoms with E-state index < -0.39 is 0 Å². The summed E-state index contributed by atoms with van der Waals surface area (Å²) in [5, 5.41) is 0. The van der Waals surface area contributed by atoms with Gasteiger partial charge in [0.15, 0.2) is 0 Å². The molecule has 1 aromatic heterocycles. The molecule has 2 N–H and O–H groups in total. The largest absolute Gasteiger partial charge is 0.399 e. The summed E-state index contributed by atoms with van der Waals surface area (Å²) in [4.78, 5) is 4.66. The smallest absolute Gasteiger partial charge is 0.125 e. The van der Waals surface area contributed by atoms with Crippen LogP contribution >= 0.6 is 0 Å². The Morgan fingerprint density at radius 2 is 1.90 bits per heavy atom. The van der Waals surface area contributed by atoms with Crippen LogP contribution in [-0.4, -0.2) is 9.55 Å². The Bertz CT molecular complexity index is 760. The second kappa shape index (κ2) is 5.56. The van der Waals surface area contributed by atoms with Gasteiger partial charge in [0.05, 0.1) is 11.0 Å². The zero-order chi connectivity index (χ0) is 14.8. The van der Waals surface area contributed by atoms with Gasteiger partial charge >= 0.3 is 0 Å². The van der Waals surface area contributed by atoms with E-state index in [9.17, 15) is 4.39 Å².